The lowest BCUT2D eigenvalue weighted by Gasteiger charge is -2.14. The predicted octanol–water partition coefficient (Wildman–Crippen LogP) is 4.59. The quantitative estimate of drug-likeness (QED) is 0.775. The molecule has 3 N–H and O–H groups in total. The number of rotatable bonds is 2. The summed E-state index contributed by atoms with van der Waals surface area (Å²) in [5.41, 5.74) is 11.9. The van der Waals surface area contributed by atoms with Crippen LogP contribution in [0.5, 0.6) is 0 Å². The second-order valence-corrected chi connectivity index (χ2v) is 5.06. The van der Waals surface area contributed by atoms with Gasteiger partial charge in [-0.2, -0.15) is 0 Å². The van der Waals surface area contributed by atoms with Gasteiger partial charge in [0.1, 0.15) is 0 Å². The molecule has 2 aromatic rings. The molecule has 0 amide bonds. The number of hydrogen-bond donors (Lipinski definition) is 2. The molecule has 0 bridgehead atoms. The zero-order valence-corrected chi connectivity index (χ0v) is 11.6. The minimum absolute atomic E-state index is 0.715. The van der Waals surface area contributed by atoms with Gasteiger partial charge in [-0.1, -0.05) is 23.7 Å². The van der Waals surface area contributed by atoms with Crippen LogP contribution in [0, 0.1) is 20.8 Å². The van der Waals surface area contributed by atoms with Crippen LogP contribution in [0.1, 0.15) is 16.7 Å². The van der Waals surface area contributed by atoms with Crippen molar-refractivity contribution in [2.45, 2.75) is 20.8 Å². The van der Waals surface area contributed by atoms with Crippen molar-refractivity contribution in [1.82, 2.24) is 0 Å². The highest BCUT2D eigenvalue weighted by Crippen LogP contribution is 2.32. The highest BCUT2D eigenvalue weighted by atomic mass is 35.5. The summed E-state index contributed by atoms with van der Waals surface area (Å²) in [5, 5.41) is 4.02. The monoisotopic (exact) mass is 260 g/mol. The summed E-state index contributed by atoms with van der Waals surface area (Å²) in [6.45, 7) is 6.08. The first-order chi connectivity index (χ1) is 8.47. The summed E-state index contributed by atoms with van der Waals surface area (Å²) in [7, 11) is 0. The molecule has 94 valence electrons. The summed E-state index contributed by atoms with van der Waals surface area (Å²) in [6, 6.07) is 9.98. The van der Waals surface area contributed by atoms with Gasteiger partial charge in [-0.15, -0.1) is 0 Å². The van der Waals surface area contributed by atoms with E-state index in [2.05, 4.69) is 11.4 Å². The molecule has 0 atom stereocenters. The van der Waals surface area contributed by atoms with Gasteiger partial charge in [0, 0.05) is 0 Å². The van der Waals surface area contributed by atoms with Crippen LogP contribution >= 0.6 is 11.6 Å². The Morgan fingerprint density at radius 3 is 2.33 bits per heavy atom. The maximum Gasteiger partial charge on any atom is 0.0646 e. The molecule has 18 heavy (non-hydrogen) atoms. The molecule has 0 saturated heterocycles. The van der Waals surface area contributed by atoms with E-state index in [1.165, 1.54) is 0 Å². The van der Waals surface area contributed by atoms with Crippen molar-refractivity contribution in [2.75, 3.05) is 11.1 Å². The lowest BCUT2D eigenvalue weighted by molar-refractivity contribution is 1.36. The van der Waals surface area contributed by atoms with Crippen molar-refractivity contribution in [2.24, 2.45) is 0 Å². The molecule has 0 saturated carbocycles. The van der Waals surface area contributed by atoms with Gasteiger partial charge in [0.2, 0.25) is 0 Å². The van der Waals surface area contributed by atoms with Gasteiger partial charge in [0.25, 0.3) is 0 Å². The lowest BCUT2D eigenvalue weighted by Crippen LogP contribution is -1.99. The van der Waals surface area contributed by atoms with Crippen molar-refractivity contribution in [3.8, 4) is 0 Å². The molecule has 0 aliphatic rings. The normalized spacial score (nSPS) is 10.4. The number of nitrogen functional groups attached to an aromatic ring is 1. The van der Waals surface area contributed by atoms with Crippen LogP contribution < -0.4 is 11.1 Å². The number of benzene rings is 2. The van der Waals surface area contributed by atoms with Crippen LogP contribution in [-0.2, 0) is 0 Å². The van der Waals surface area contributed by atoms with E-state index in [4.69, 9.17) is 17.3 Å². The number of hydrogen-bond acceptors (Lipinski definition) is 2. The molecule has 2 aromatic carbocycles. The van der Waals surface area contributed by atoms with Gasteiger partial charge in [-0.3, -0.25) is 0 Å². The van der Waals surface area contributed by atoms with Crippen molar-refractivity contribution in [3.63, 3.8) is 0 Å². The zero-order valence-electron chi connectivity index (χ0n) is 10.8. The topological polar surface area (TPSA) is 38.0 Å². The third kappa shape index (κ3) is 2.59. The van der Waals surface area contributed by atoms with E-state index >= 15 is 0 Å². The number of nitrogens with two attached hydrogens (primary N) is 1. The Morgan fingerprint density at radius 2 is 1.72 bits per heavy atom. The SMILES string of the molecule is Cc1ccc(Nc2c(C)cc(C)cc2Cl)c(N)c1. The Labute approximate surface area is 113 Å². The fourth-order valence-corrected chi connectivity index (χ4v) is 2.37. The maximum absolute atomic E-state index is 6.26. The van der Waals surface area contributed by atoms with Gasteiger partial charge in [0.05, 0.1) is 22.1 Å². The van der Waals surface area contributed by atoms with Crippen molar-refractivity contribution in [1.29, 1.82) is 0 Å². The van der Waals surface area contributed by atoms with Crippen molar-refractivity contribution < 1.29 is 0 Å². The second-order valence-electron chi connectivity index (χ2n) is 4.65. The first-order valence-corrected chi connectivity index (χ1v) is 6.25. The number of aryl methyl sites for hydroxylation is 3. The minimum atomic E-state index is 0.715. The van der Waals surface area contributed by atoms with Crippen LogP contribution in [0.3, 0.4) is 0 Å². The zero-order chi connectivity index (χ0) is 13.3. The van der Waals surface area contributed by atoms with Gasteiger partial charge in [-0.25, -0.2) is 0 Å². The largest absolute Gasteiger partial charge is 0.397 e. The summed E-state index contributed by atoms with van der Waals surface area (Å²) < 4.78 is 0. The molecular formula is C15H17ClN2. The highest BCUT2D eigenvalue weighted by molar-refractivity contribution is 6.33. The Bertz CT molecular complexity index is 568. The molecule has 0 aliphatic heterocycles. The molecule has 0 aliphatic carbocycles. The first kappa shape index (κ1) is 12.8. The van der Waals surface area contributed by atoms with Crippen LogP contribution in [0.2, 0.25) is 5.02 Å². The molecule has 0 aromatic heterocycles. The third-order valence-corrected chi connectivity index (χ3v) is 3.20. The predicted molar refractivity (Wildman–Crippen MR) is 79.8 cm³/mol. The van der Waals surface area contributed by atoms with E-state index in [1.807, 2.05) is 45.0 Å². The Balaban J connectivity index is 2.40. The van der Waals surface area contributed by atoms with E-state index in [0.717, 1.165) is 33.8 Å². The smallest absolute Gasteiger partial charge is 0.0646 e. The van der Waals surface area contributed by atoms with Crippen molar-refractivity contribution in [3.05, 3.63) is 52.0 Å². The average molecular weight is 261 g/mol. The molecule has 0 radical (unpaired) electrons. The fraction of sp³-hybridized carbons (Fsp3) is 0.200. The summed E-state index contributed by atoms with van der Waals surface area (Å²) in [6.07, 6.45) is 0. The van der Waals surface area contributed by atoms with Crippen LogP contribution in [-0.4, -0.2) is 0 Å². The molecule has 0 heterocycles. The number of anilines is 3. The molecule has 3 heteroatoms. The third-order valence-electron chi connectivity index (χ3n) is 2.90. The highest BCUT2D eigenvalue weighted by Gasteiger charge is 2.07. The first-order valence-electron chi connectivity index (χ1n) is 5.87. The van der Waals surface area contributed by atoms with Gasteiger partial charge < -0.3 is 11.1 Å². The standard InChI is InChI=1S/C15H17ClN2/c1-9-4-5-14(13(17)8-9)18-15-11(3)6-10(2)7-12(15)16/h4-8,18H,17H2,1-3H3. The van der Waals surface area contributed by atoms with Gasteiger partial charge in [-0.05, 0) is 55.7 Å². The number of halogens is 1. The molecule has 0 spiro atoms. The van der Waals surface area contributed by atoms with E-state index in [0.29, 0.717) is 5.02 Å². The van der Waals surface area contributed by atoms with Crippen LogP contribution in [0.25, 0.3) is 0 Å². The lowest BCUT2D eigenvalue weighted by atomic mass is 10.1. The molecule has 0 unspecified atom stereocenters. The number of nitrogens with one attached hydrogen (secondary N) is 1. The maximum atomic E-state index is 6.26. The Kier molecular flexibility index (Phi) is 3.48. The van der Waals surface area contributed by atoms with Gasteiger partial charge >= 0.3 is 0 Å². The summed E-state index contributed by atoms with van der Waals surface area (Å²) in [4.78, 5) is 0. The van der Waals surface area contributed by atoms with E-state index < -0.39 is 0 Å². The van der Waals surface area contributed by atoms with E-state index in [1.54, 1.807) is 0 Å². The Hall–Kier alpha value is -1.67. The summed E-state index contributed by atoms with van der Waals surface area (Å²) in [5.74, 6) is 0. The van der Waals surface area contributed by atoms with Crippen LogP contribution in [0.15, 0.2) is 30.3 Å². The van der Waals surface area contributed by atoms with Crippen molar-refractivity contribution >= 4 is 28.7 Å². The Morgan fingerprint density at radius 1 is 1.00 bits per heavy atom. The molecule has 2 nitrogen and oxygen atoms in total. The minimum Gasteiger partial charge on any atom is -0.397 e. The van der Waals surface area contributed by atoms with Gasteiger partial charge in [0.15, 0.2) is 0 Å². The molecule has 2 rings (SSSR count). The molecular weight excluding hydrogens is 244 g/mol. The van der Waals surface area contributed by atoms with Crippen LogP contribution in [0.4, 0.5) is 17.1 Å². The summed E-state index contributed by atoms with van der Waals surface area (Å²) >= 11 is 6.26. The van der Waals surface area contributed by atoms with E-state index in [9.17, 15) is 0 Å². The average Bonchev–Trinajstić information content (AvgIpc) is 2.25. The fourth-order valence-electron chi connectivity index (χ4n) is 2.00. The van der Waals surface area contributed by atoms with E-state index in [-0.39, 0.29) is 0 Å². The molecule has 0 fully saturated rings. The second kappa shape index (κ2) is 4.91.